The van der Waals surface area contributed by atoms with Gasteiger partial charge in [0.05, 0.1) is 12.0 Å². The van der Waals surface area contributed by atoms with Gasteiger partial charge in [-0.2, -0.15) is 0 Å². The largest absolute Gasteiger partial charge is 0.453 e. The van der Waals surface area contributed by atoms with Crippen LogP contribution in [-0.4, -0.2) is 34.2 Å². The average Bonchev–Trinajstić information content (AvgIpc) is 2.36. The summed E-state index contributed by atoms with van der Waals surface area (Å²) in [7, 11) is 0. The van der Waals surface area contributed by atoms with Crippen LogP contribution in [0.5, 0.6) is 0 Å². The highest BCUT2D eigenvalue weighted by atomic mass is 16.6. The minimum atomic E-state index is -1.25. The molecule has 16 heavy (non-hydrogen) atoms. The molecule has 2 aliphatic rings. The summed E-state index contributed by atoms with van der Waals surface area (Å²) >= 11 is 0. The van der Waals surface area contributed by atoms with Gasteiger partial charge in [-0.25, -0.2) is 4.79 Å². The van der Waals surface area contributed by atoms with Crippen LogP contribution in [0.25, 0.3) is 0 Å². The molecule has 5 nitrogen and oxygen atoms in total. The van der Waals surface area contributed by atoms with Crippen LogP contribution >= 0.6 is 0 Å². The zero-order chi connectivity index (χ0) is 12.3. The zero-order valence-corrected chi connectivity index (χ0v) is 9.90. The Balaban J connectivity index is 2.45. The lowest BCUT2D eigenvalue weighted by Crippen LogP contribution is -2.79. The lowest BCUT2D eigenvalue weighted by molar-refractivity contribution is -0.237. The molecule has 1 amide bonds. The van der Waals surface area contributed by atoms with Crippen molar-refractivity contribution in [3.05, 3.63) is 0 Å². The summed E-state index contributed by atoms with van der Waals surface area (Å²) in [6, 6.07) is 0. The van der Waals surface area contributed by atoms with Crippen molar-refractivity contribution in [3.63, 3.8) is 0 Å². The highest BCUT2D eigenvalue weighted by Crippen LogP contribution is 2.51. The van der Waals surface area contributed by atoms with Crippen LogP contribution in [0.2, 0.25) is 0 Å². The molecule has 0 spiro atoms. The standard InChI is InChI=1S/C11H17NO4/c1-5(2)7(13)11-9(15)16-10(11,4)6(3)8(14)12-11/h5-7,13H,1-4H3,(H,12,14)/t6-,7+,10+,11+/m1/s1. The lowest BCUT2D eigenvalue weighted by atomic mass is 9.67. The summed E-state index contributed by atoms with van der Waals surface area (Å²) in [6.07, 6.45) is -0.923. The van der Waals surface area contributed by atoms with Crippen molar-refractivity contribution in [2.75, 3.05) is 0 Å². The summed E-state index contributed by atoms with van der Waals surface area (Å²) in [6.45, 7) is 7.01. The molecule has 0 saturated carbocycles. The Morgan fingerprint density at radius 2 is 2.00 bits per heavy atom. The van der Waals surface area contributed by atoms with Gasteiger partial charge in [0.2, 0.25) is 11.4 Å². The van der Waals surface area contributed by atoms with Gasteiger partial charge in [0.25, 0.3) is 0 Å². The summed E-state index contributed by atoms with van der Waals surface area (Å²) in [5.74, 6) is -1.33. The van der Waals surface area contributed by atoms with Crippen LogP contribution in [0, 0.1) is 11.8 Å². The first kappa shape index (κ1) is 11.4. The lowest BCUT2D eigenvalue weighted by Gasteiger charge is -2.53. The van der Waals surface area contributed by atoms with Crippen LogP contribution in [0.1, 0.15) is 27.7 Å². The normalized spacial score (nSPS) is 43.5. The third-order valence-corrected chi connectivity index (χ3v) is 4.02. The second kappa shape index (κ2) is 2.97. The maximum Gasteiger partial charge on any atom is 0.339 e. The molecular weight excluding hydrogens is 210 g/mol. The number of hydrogen-bond donors (Lipinski definition) is 2. The van der Waals surface area contributed by atoms with E-state index in [2.05, 4.69) is 5.32 Å². The topological polar surface area (TPSA) is 75.6 Å². The zero-order valence-electron chi connectivity index (χ0n) is 9.90. The number of esters is 1. The van der Waals surface area contributed by atoms with Gasteiger partial charge < -0.3 is 15.2 Å². The minimum absolute atomic E-state index is 0.127. The Labute approximate surface area is 94.2 Å². The molecule has 2 fully saturated rings. The number of amides is 1. The molecule has 2 aliphatic heterocycles. The number of nitrogens with one attached hydrogen (secondary N) is 1. The summed E-state index contributed by atoms with van der Waals surface area (Å²) in [5, 5.41) is 12.8. The molecule has 2 heterocycles. The fraction of sp³-hybridized carbons (Fsp3) is 0.818. The van der Waals surface area contributed by atoms with Crippen LogP contribution in [0.4, 0.5) is 0 Å². The predicted octanol–water partition coefficient (Wildman–Crippen LogP) is -0.177. The van der Waals surface area contributed by atoms with E-state index in [1.165, 1.54) is 0 Å². The van der Waals surface area contributed by atoms with E-state index in [4.69, 9.17) is 4.74 Å². The fourth-order valence-electron chi connectivity index (χ4n) is 2.66. The number of aliphatic hydroxyl groups is 1. The Bertz CT molecular complexity index is 367. The van der Waals surface area contributed by atoms with Gasteiger partial charge in [0, 0.05) is 0 Å². The molecular formula is C11H17NO4. The van der Waals surface area contributed by atoms with Crippen LogP contribution < -0.4 is 5.32 Å². The van der Waals surface area contributed by atoms with Crippen LogP contribution in [0.3, 0.4) is 0 Å². The minimum Gasteiger partial charge on any atom is -0.453 e. The van der Waals surface area contributed by atoms with Crippen molar-refractivity contribution >= 4 is 11.9 Å². The molecule has 0 aliphatic carbocycles. The SMILES string of the molecule is CC(C)[C@H](O)[C@@]12NC(=O)[C@@H](C)[C@]1(C)OC2=O. The molecule has 0 unspecified atom stereocenters. The third-order valence-electron chi connectivity index (χ3n) is 4.02. The van der Waals surface area contributed by atoms with Crippen molar-refractivity contribution in [2.24, 2.45) is 11.8 Å². The van der Waals surface area contributed by atoms with E-state index in [-0.39, 0.29) is 11.8 Å². The highest BCUT2D eigenvalue weighted by Gasteiger charge is 2.78. The molecule has 5 heteroatoms. The summed E-state index contributed by atoms with van der Waals surface area (Å²) in [4.78, 5) is 23.3. The number of ether oxygens (including phenoxy) is 1. The van der Waals surface area contributed by atoms with E-state index < -0.39 is 29.1 Å². The van der Waals surface area contributed by atoms with Crippen molar-refractivity contribution < 1.29 is 19.4 Å². The quantitative estimate of drug-likeness (QED) is 0.642. The smallest absolute Gasteiger partial charge is 0.339 e. The molecule has 0 bridgehead atoms. The maximum atomic E-state index is 11.7. The monoisotopic (exact) mass is 227 g/mol. The molecule has 0 radical (unpaired) electrons. The summed E-state index contributed by atoms with van der Waals surface area (Å²) < 4.78 is 5.13. The van der Waals surface area contributed by atoms with E-state index in [9.17, 15) is 14.7 Å². The van der Waals surface area contributed by atoms with Crippen molar-refractivity contribution in [1.29, 1.82) is 0 Å². The molecule has 0 aromatic heterocycles. The van der Waals surface area contributed by atoms with Crippen molar-refractivity contribution in [2.45, 2.75) is 44.9 Å². The first-order chi connectivity index (χ1) is 7.27. The Hall–Kier alpha value is -1.10. The van der Waals surface area contributed by atoms with Crippen molar-refractivity contribution in [1.82, 2.24) is 5.32 Å². The van der Waals surface area contributed by atoms with Gasteiger partial charge in [-0.1, -0.05) is 13.8 Å². The Morgan fingerprint density at radius 3 is 2.38 bits per heavy atom. The summed E-state index contributed by atoms with van der Waals surface area (Å²) in [5.41, 5.74) is -2.18. The second-order valence-electron chi connectivity index (χ2n) is 5.20. The van der Waals surface area contributed by atoms with Crippen LogP contribution in [-0.2, 0) is 14.3 Å². The maximum absolute atomic E-state index is 11.7. The van der Waals surface area contributed by atoms with Gasteiger partial charge in [0.15, 0.2) is 5.60 Å². The molecule has 2 saturated heterocycles. The number of aliphatic hydroxyl groups excluding tert-OH is 1. The Kier molecular flexibility index (Phi) is 2.11. The fourth-order valence-corrected chi connectivity index (χ4v) is 2.66. The van der Waals surface area contributed by atoms with Crippen molar-refractivity contribution in [3.8, 4) is 0 Å². The second-order valence-corrected chi connectivity index (χ2v) is 5.20. The van der Waals surface area contributed by atoms with Gasteiger partial charge in [0.1, 0.15) is 0 Å². The number of carbonyl (C=O) groups is 2. The molecule has 2 N–H and O–H groups in total. The first-order valence-corrected chi connectivity index (χ1v) is 5.51. The molecule has 2 rings (SSSR count). The van der Waals surface area contributed by atoms with Gasteiger partial charge in [-0.05, 0) is 19.8 Å². The third kappa shape index (κ3) is 0.948. The van der Waals surface area contributed by atoms with Crippen LogP contribution in [0.15, 0.2) is 0 Å². The molecule has 4 atom stereocenters. The number of carbonyl (C=O) groups excluding carboxylic acids is 2. The first-order valence-electron chi connectivity index (χ1n) is 5.51. The van der Waals surface area contributed by atoms with E-state index in [0.29, 0.717) is 0 Å². The van der Waals surface area contributed by atoms with E-state index in [1.807, 2.05) is 0 Å². The average molecular weight is 227 g/mol. The van der Waals surface area contributed by atoms with Gasteiger partial charge in [-0.3, -0.25) is 4.79 Å². The number of fused-ring (bicyclic) bond motifs is 1. The molecule has 0 aromatic rings. The number of rotatable bonds is 2. The van der Waals surface area contributed by atoms with Gasteiger partial charge in [-0.15, -0.1) is 0 Å². The van der Waals surface area contributed by atoms with E-state index in [0.717, 1.165) is 0 Å². The van der Waals surface area contributed by atoms with E-state index >= 15 is 0 Å². The Morgan fingerprint density at radius 1 is 1.44 bits per heavy atom. The predicted molar refractivity (Wildman–Crippen MR) is 55.4 cm³/mol. The number of hydrogen-bond acceptors (Lipinski definition) is 4. The highest BCUT2D eigenvalue weighted by molar-refractivity contribution is 6.01. The van der Waals surface area contributed by atoms with E-state index in [1.54, 1.807) is 27.7 Å². The molecule has 90 valence electrons. The van der Waals surface area contributed by atoms with Gasteiger partial charge >= 0.3 is 5.97 Å². The molecule has 0 aromatic carbocycles.